The molecule has 0 radical (unpaired) electrons. The fraction of sp³-hybridized carbons (Fsp3) is 0.308. The van der Waals surface area contributed by atoms with Crippen LogP contribution in [0.2, 0.25) is 0 Å². The number of hydrogen-bond acceptors (Lipinski definition) is 4. The highest BCUT2D eigenvalue weighted by Gasteiger charge is 2.25. The van der Waals surface area contributed by atoms with Gasteiger partial charge in [0.1, 0.15) is 10.8 Å². The predicted molar refractivity (Wildman–Crippen MR) is 137 cm³/mol. The third kappa shape index (κ3) is 5.30. The van der Waals surface area contributed by atoms with Gasteiger partial charge in [0, 0.05) is 26.8 Å². The van der Waals surface area contributed by atoms with E-state index in [1.54, 1.807) is 11.3 Å². The Morgan fingerprint density at radius 1 is 1.16 bits per heavy atom. The Morgan fingerprint density at radius 2 is 1.91 bits per heavy atom. The number of ether oxygens (including phenoxy) is 1. The van der Waals surface area contributed by atoms with E-state index in [9.17, 15) is 4.79 Å². The maximum absolute atomic E-state index is 13.3. The smallest absolute Gasteiger partial charge is 0.259 e. The van der Waals surface area contributed by atoms with Gasteiger partial charge in [0.15, 0.2) is 0 Å². The second kappa shape index (κ2) is 10.0. The fourth-order valence-electron chi connectivity index (χ4n) is 3.82. The van der Waals surface area contributed by atoms with Crippen molar-refractivity contribution in [2.75, 3.05) is 5.32 Å². The van der Waals surface area contributed by atoms with Crippen molar-refractivity contribution in [3.05, 3.63) is 74.1 Å². The first-order valence-corrected chi connectivity index (χ1v) is 12.5. The number of amides is 1. The molecule has 6 heteroatoms. The monoisotopic (exact) mass is 510 g/mol. The number of anilines is 1. The van der Waals surface area contributed by atoms with Crippen molar-refractivity contribution in [3.8, 4) is 5.75 Å². The molecule has 1 aliphatic rings. The third-order valence-corrected chi connectivity index (χ3v) is 7.04. The molecule has 1 amide bonds. The summed E-state index contributed by atoms with van der Waals surface area (Å²) < 4.78 is 6.90. The van der Waals surface area contributed by atoms with Gasteiger partial charge in [-0.15, -0.1) is 11.3 Å². The van der Waals surface area contributed by atoms with Crippen molar-refractivity contribution >= 4 is 50.1 Å². The number of carbonyl (C=O) groups excluding carboxylic acids is 1. The van der Waals surface area contributed by atoms with Gasteiger partial charge in [0.2, 0.25) is 0 Å². The molecule has 2 aromatic carbocycles. The molecule has 0 bridgehead atoms. The van der Waals surface area contributed by atoms with Gasteiger partial charge < -0.3 is 10.1 Å². The first-order valence-electron chi connectivity index (χ1n) is 10.9. The van der Waals surface area contributed by atoms with Crippen LogP contribution in [0.15, 0.2) is 51.9 Å². The van der Waals surface area contributed by atoms with Gasteiger partial charge in [-0.05, 0) is 82.3 Å². The average Bonchev–Trinajstić information content (AvgIpc) is 3.13. The van der Waals surface area contributed by atoms with E-state index in [1.165, 1.54) is 4.88 Å². The number of fused-ring (bicyclic) bond motifs is 1. The number of aryl methyl sites for hydroxylation is 2. The van der Waals surface area contributed by atoms with Crippen molar-refractivity contribution in [1.82, 2.24) is 0 Å². The van der Waals surface area contributed by atoms with Crippen molar-refractivity contribution in [2.24, 2.45) is 4.99 Å². The van der Waals surface area contributed by atoms with Crippen LogP contribution in [-0.2, 0) is 12.8 Å². The van der Waals surface area contributed by atoms with Crippen LogP contribution >= 0.6 is 27.3 Å². The summed E-state index contributed by atoms with van der Waals surface area (Å²) in [6.07, 6.45) is 6.08. The van der Waals surface area contributed by atoms with Gasteiger partial charge in [-0.3, -0.25) is 4.79 Å². The maximum atomic E-state index is 13.3. The van der Waals surface area contributed by atoms with Gasteiger partial charge in [-0.25, -0.2) is 4.99 Å². The van der Waals surface area contributed by atoms with Gasteiger partial charge in [0.25, 0.3) is 5.91 Å². The van der Waals surface area contributed by atoms with E-state index < -0.39 is 0 Å². The molecule has 4 nitrogen and oxygen atoms in total. The Bertz CT molecular complexity index is 1150. The molecule has 0 spiro atoms. The van der Waals surface area contributed by atoms with E-state index in [4.69, 9.17) is 9.73 Å². The van der Waals surface area contributed by atoms with E-state index in [0.29, 0.717) is 5.56 Å². The van der Waals surface area contributed by atoms with E-state index in [-0.39, 0.29) is 12.0 Å². The minimum absolute atomic E-state index is 0.0632. The van der Waals surface area contributed by atoms with Crippen molar-refractivity contribution in [2.45, 2.75) is 52.6 Å². The minimum atomic E-state index is -0.0895. The van der Waals surface area contributed by atoms with Gasteiger partial charge >= 0.3 is 0 Å². The molecule has 1 heterocycles. The van der Waals surface area contributed by atoms with E-state index in [1.807, 2.05) is 69.5 Å². The lowest BCUT2D eigenvalue weighted by molar-refractivity contribution is 0.102. The molecule has 0 saturated heterocycles. The molecule has 1 aliphatic carbocycles. The average molecular weight is 511 g/mol. The number of nitrogens with one attached hydrogen (secondary N) is 1. The lowest BCUT2D eigenvalue weighted by Crippen LogP contribution is -2.14. The SMILES string of the molecule is Cc1ccc(NC(=O)c2c(N=Cc3cc(Br)ccc3OC(C)C)sc3c2CCCC3)cc1. The highest BCUT2D eigenvalue weighted by atomic mass is 79.9. The Hall–Kier alpha value is -2.44. The fourth-order valence-corrected chi connectivity index (χ4v) is 5.43. The minimum Gasteiger partial charge on any atom is -0.490 e. The molecule has 1 N–H and O–H groups in total. The van der Waals surface area contributed by atoms with Gasteiger partial charge in [-0.1, -0.05) is 33.6 Å². The summed E-state index contributed by atoms with van der Waals surface area (Å²) in [5.41, 5.74) is 4.71. The van der Waals surface area contributed by atoms with Crippen LogP contribution in [0.5, 0.6) is 5.75 Å². The summed E-state index contributed by atoms with van der Waals surface area (Å²) in [7, 11) is 0. The summed E-state index contributed by atoms with van der Waals surface area (Å²) in [6, 6.07) is 13.8. The molecular formula is C26H27BrN2O2S. The van der Waals surface area contributed by atoms with Crippen molar-refractivity contribution in [3.63, 3.8) is 0 Å². The van der Waals surface area contributed by atoms with Crippen LogP contribution in [0.1, 0.15) is 58.6 Å². The third-order valence-electron chi connectivity index (χ3n) is 5.34. The van der Waals surface area contributed by atoms with Crippen molar-refractivity contribution in [1.29, 1.82) is 0 Å². The molecule has 166 valence electrons. The summed E-state index contributed by atoms with van der Waals surface area (Å²) in [4.78, 5) is 19.4. The van der Waals surface area contributed by atoms with Crippen LogP contribution in [0.3, 0.4) is 0 Å². The molecule has 0 atom stereocenters. The number of benzene rings is 2. The zero-order valence-corrected chi connectivity index (χ0v) is 21.0. The first kappa shape index (κ1) is 22.7. The number of halogens is 1. The van der Waals surface area contributed by atoms with Crippen LogP contribution < -0.4 is 10.1 Å². The van der Waals surface area contributed by atoms with Gasteiger partial charge in [0.05, 0.1) is 11.7 Å². The maximum Gasteiger partial charge on any atom is 0.259 e. The lowest BCUT2D eigenvalue weighted by atomic mass is 9.95. The first-order chi connectivity index (χ1) is 15.4. The molecular weight excluding hydrogens is 484 g/mol. The largest absolute Gasteiger partial charge is 0.490 e. The Balaban J connectivity index is 1.69. The molecule has 3 aromatic rings. The number of thiophene rings is 1. The quantitative estimate of drug-likeness (QED) is 0.349. The normalized spacial score (nSPS) is 13.4. The van der Waals surface area contributed by atoms with Crippen LogP contribution in [0, 0.1) is 6.92 Å². The predicted octanol–water partition coefficient (Wildman–Crippen LogP) is 7.49. The summed E-state index contributed by atoms with van der Waals surface area (Å²) in [5, 5.41) is 3.83. The molecule has 4 rings (SSSR count). The number of carbonyl (C=O) groups is 1. The molecule has 1 aromatic heterocycles. The molecule has 32 heavy (non-hydrogen) atoms. The number of nitrogens with zero attached hydrogens (tertiary/aromatic N) is 1. The zero-order chi connectivity index (χ0) is 22.7. The van der Waals surface area contributed by atoms with Gasteiger partial charge in [-0.2, -0.15) is 0 Å². The highest BCUT2D eigenvalue weighted by Crippen LogP contribution is 2.40. The Kier molecular flexibility index (Phi) is 7.11. The molecule has 0 fully saturated rings. The number of hydrogen-bond donors (Lipinski definition) is 1. The lowest BCUT2D eigenvalue weighted by Gasteiger charge is -2.13. The summed E-state index contributed by atoms with van der Waals surface area (Å²) in [5.74, 6) is 0.687. The van der Waals surface area contributed by atoms with Crippen molar-refractivity contribution < 1.29 is 9.53 Å². The van der Waals surface area contributed by atoms with Crippen LogP contribution in [-0.4, -0.2) is 18.2 Å². The summed E-state index contributed by atoms with van der Waals surface area (Å²) >= 11 is 5.17. The Labute approximate surface area is 201 Å². The molecule has 0 unspecified atom stereocenters. The summed E-state index contributed by atoms with van der Waals surface area (Å²) in [6.45, 7) is 6.04. The molecule has 0 aliphatic heterocycles. The van der Waals surface area contributed by atoms with Crippen LogP contribution in [0.25, 0.3) is 0 Å². The second-order valence-electron chi connectivity index (χ2n) is 8.32. The second-order valence-corrected chi connectivity index (χ2v) is 10.3. The Morgan fingerprint density at radius 3 is 2.66 bits per heavy atom. The standard InChI is InChI=1S/C26H27BrN2O2S/c1-16(2)31-22-13-10-19(27)14-18(22)15-28-26-24(21-6-4-5-7-23(21)32-26)25(30)29-20-11-8-17(3)9-12-20/h8-16H,4-7H2,1-3H3,(H,29,30). The van der Waals surface area contributed by atoms with Crippen LogP contribution in [0.4, 0.5) is 10.7 Å². The topological polar surface area (TPSA) is 50.7 Å². The molecule has 0 saturated carbocycles. The highest BCUT2D eigenvalue weighted by molar-refractivity contribution is 9.10. The number of rotatable bonds is 6. The number of aliphatic imine (C=N–C) groups is 1. The zero-order valence-electron chi connectivity index (χ0n) is 18.6. The van der Waals surface area contributed by atoms with E-state index >= 15 is 0 Å². The van der Waals surface area contributed by atoms with E-state index in [2.05, 4.69) is 21.2 Å². The van der Waals surface area contributed by atoms with E-state index in [0.717, 1.165) is 63.3 Å².